The van der Waals surface area contributed by atoms with Crippen molar-refractivity contribution in [3.05, 3.63) is 24.3 Å². The third-order valence-electron chi connectivity index (χ3n) is 3.99. The van der Waals surface area contributed by atoms with E-state index in [1.807, 2.05) is 0 Å². The fourth-order valence-electron chi connectivity index (χ4n) is 2.56. The van der Waals surface area contributed by atoms with Crippen LogP contribution >= 0.6 is 0 Å². The van der Waals surface area contributed by atoms with Gasteiger partial charge in [0.25, 0.3) is 0 Å². The summed E-state index contributed by atoms with van der Waals surface area (Å²) in [4.78, 5) is 10.9. The minimum absolute atomic E-state index is 0.0903. The Hall–Kier alpha value is -1.09. The summed E-state index contributed by atoms with van der Waals surface area (Å²) < 4.78 is 10.3. The number of ether oxygens (including phenoxy) is 2. The van der Waals surface area contributed by atoms with E-state index in [1.54, 1.807) is 0 Å². The Bertz CT molecular complexity index is 347. The lowest BCUT2D eigenvalue weighted by molar-refractivity contribution is -0.140. The normalized spacial score (nSPS) is 20.8. The van der Waals surface area contributed by atoms with Gasteiger partial charge in [0.05, 0.1) is 19.3 Å². The lowest BCUT2D eigenvalue weighted by Gasteiger charge is -2.00. The van der Waals surface area contributed by atoms with Crippen molar-refractivity contribution in [1.82, 2.24) is 0 Å². The molecule has 1 aliphatic rings. The van der Waals surface area contributed by atoms with E-state index >= 15 is 0 Å². The molecule has 0 spiro atoms. The van der Waals surface area contributed by atoms with Gasteiger partial charge >= 0.3 is 5.97 Å². The standard InChI is InChI=1S/C19H32O3/c1-3-4-5-6-8-11-14-17-18(22-17)15-12-9-7-10-13-16-19(20)21-2/h4-5,8,11,17-18H,3,6-7,9-10,12-16H2,1-2H3/b5-4+,11-8+. The van der Waals surface area contributed by atoms with Gasteiger partial charge in [0, 0.05) is 6.42 Å². The lowest BCUT2D eigenvalue weighted by atomic mass is 10.1. The third-order valence-corrected chi connectivity index (χ3v) is 3.99. The molecule has 1 saturated heterocycles. The summed E-state index contributed by atoms with van der Waals surface area (Å²) in [6.45, 7) is 2.15. The minimum Gasteiger partial charge on any atom is -0.469 e. The van der Waals surface area contributed by atoms with E-state index in [0.717, 1.165) is 32.1 Å². The van der Waals surface area contributed by atoms with E-state index in [1.165, 1.54) is 32.8 Å². The number of epoxide rings is 1. The maximum Gasteiger partial charge on any atom is 0.305 e. The Labute approximate surface area is 135 Å². The molecule has 1 rings (SSSR count). The first kappa shape index (κ1) is 19.0. The highest BCUT2D eigenvalue weighted by molar-refractivity contribution is 5.68. The molecular formula is C19H32O3. The van der Waals surface area contributed by atoms with Crippen LogP contribution in [-0.4, -0.2) is 25.3 Å². The fraction of sp³-hybridized carbons (Fsp3) is 0.737. The van der Waals surface area contributed by atoms with Gasteiger partial charge in [-0.15, -0.1) is 0 Å². The minimum atomic E-state index is -0.0903. The van der Waals surface area contributed by atoms with Crippen molar-refractivity contribution < 1.29 is 14.3 Å². The smallest absolute Gasteiger partial charge is 0.305 e. The third kappa shape index (κ3) is 9.78. The van der Waals surface area contributed by atoms with E-state index in [0.29, 0.717) is 18.6 Å². The zero-order chi connectivity index (χ0) is 16.0. The summed E-state index contributed by atoms with van der Waals surface area (Å²) in [6.07, 6.45) is 20.6. The zero-order valence-corrected chi connectivity index (χ0v) is 14.3. The van der Waals surface area contributed by atoms with E-state index in [2.05, 4.69) is 36.0 Å². The van der Waals surface area contributed by atoms with Gasteiger partial charge in [-0.3, -0.25) is 4.79 Å². The average molecular weight is 308 g/mol. The summed E-state index contributed by atoms with van der Waals surface area (Å²) >= 11 is 0. The van der Waals surface area contributed by atoms with Gasteiger partial charge in [0.15, 0.2) is 0 Å². The average Bonchev–Trinajstić information content (AvgIpc) is 3.28. The van der Waals surface area contributed by atoms with E-state index in [4.69, 9.17) is 4.74 Å². The van der Waals surface area contributed by atoms with E-state index in [9.17, 15) is 4.79 Å². The van der Waals surface area contributed by atoms with Crippen LogP contribution in [0.1, 0.15) is 71.1 Å². The highest BCUT2D eigenvalue weighted by atomic mass is 16.6. The lowest BCUT2D eigenvalue weighted by Crippen LogP contribution is -1.99. The number of hydrogen-bond acceptors (Lipinski definition) is 3. The van der Waals surface area contributed by atoms with Gasteiger partial charge in [0.2, 0.25) is 0 Å². The first-order valence-electron chi connectivity index (χ1n) is 8.80. The van der Waals surface area contributed by atoms with E-state index < -0.39 is 0 Å². The number of unbranched alkanes of at least 4 members (excludes halogenated alkanes) is 4. The summed E-state index contributed by atoms with van der Waals surface area (Å²) in [5.41, 5.74) is 0. The molecule has 0 aliphatic carbocycles. The predicted molar refractivity (Wildman–Crippen MR) is 90.8 cm³/mol. The Morgan fingerprint density at radius 1 is 1.00 bits per heavy atom. The van der Waals surface area contributed by atoms with E-state index in [-0.39, 0.29) is 5.97 Å². The van der Waals surface area contributed by atoms with Crippen LogP contribution in [0.15, 0.2) is 24.3 Å². The molecule has 0 aromatic carbocycles. The molecule has 0 amide bonds. The summed E-state index contributed by atoms with van der Waals surface area (Å²) in [5, 5.41) is 0. The van der Waals surface area contributed by atoms with Gasteiger partial charge in [0.1, 0.15) is 0 Å². The maximum atomic E-state index is 10.9. The van der Waals surface area contributed by atoms with Crippen LogP contribution < -0.4 is 0 Å². The number of carbonyl (C=O) groups excluding carboxylic acids is 1. The van der Waals surface area contributed by atoms with Gasteiger partial charge < -0.3 is 9.47 Å². The zero-order valence-electron chi connectivity index (χ0n) is 14.3. The summed E-state index contributed by atoms with van der Waals surface area (Å²) in [7, 11) is 1.45. The molecule has 126 valence electrons. The van der Waals surface area contributed by atoms with Crippen LogP contribution in [-0.2, 0) is 14.3 Å². The largest absolute Gasteiger partial charge is 0.469 e. The Morgan fingerprint density at radius 2 is 1.73 bits per heavy atom. The second-order valence-corrected chi connectivity index (χ2v) is 5.92. The van der Waals surface area contributed by atoms with Crippen molar-refractivity contribution >= 4 is 5.97 Å². The molecule has 0 saturated carbocycles. The van der Waals surface area contributed by atoms with Gasteiger partial charge in [-0.25, -0.2) is 0 Å². The molecule has 2 unspecified atom stereocenters. The topological polar surface area (TPSA) is 38.8 Å². The van der Waals surface area contributed by atoms with Crippen LogP contribution in [0, 0.1) is 0 Å². The van der Waals surface area contributed by atoms with Crippen molar-refractivity contribution in [2.45, 2.75) is 83.3 Å². The monoisotopic (exact) mass is 308 g/mol. The molecule has 0 bridgehead atoms. The molecule has 3 nitrogen and oxygen atoms in total. The van der Waals surface area contributed by atoms with Crippen molar-refractivity contribution in [3.8, 4) is 0 Å². The molecule has 0 N–H and O–H groups in total. The maximum absolute atomic E-state index is 10.9. The molecule has 1 aliphatic heterocycles. The molecule has 0 aromatic rings. The summed E-state index contributed by atoms with van der Waals surface area (Å²) in [5.74, 6) is -0.0903. The first-order chi connectivity index (χ1) is 10.8. The molecule has 0 radical (unpaired) electrons. The predicted octanol–water partition coefficient (Wildman–Crippen LogP) is 4.96. The highest BCUT2D eigenvalue weighted by Gasteiger charge is 2.36. The van der Waals surface area contributed by atoms with Gasteiger partial charge in [-0.05, 0) is 32.1 Å². The first-order valence-corrected chi connectivity index (χ1v) is 8.80. The van der Waals surface area contributed by atoms with Gasteiger partial charge in [-0.2, -0.15) is 0 Å². The molecule has 0 aromatic heterocycles. The Morgan fingerprint density at radius 3 is 2.50 bits per heavy atom. The van der Waals surface area contributed by atoms with Crippen LogP contribution in [0.25, 0.3) is 0 Å². The molecule has 3 heteroatoms. The van der Waals surface area contributed by atoms with Crippen molar-refractivity contribution in [2.24, 2.45) is 0 Å². The Balaban J connectivity index is 1.85. The molecule has 2 atom stereocenters. The summed E-state index contributed by atoms with van der Waals surface area (Å²) in [6, 6.07) is 0. The molecule has 1 heterocycles. The highest BCUT2D eigenvalue weighted by Crippen LogP contribution is 2.30. The second-order valence-electron chi connectivity index (χ2n) is 5.92. The van der Waals surface area contributed by atoms with Crippen molar-refractivity contribution in [1.29, 1.82) is 0 Å². The number of allylic oxidation sites excluding steroid dienone is 3. The SMILES string of the molecule is CC/C=C/C/C=C/CC1OC1CCCCCCCC(=O)OC. The molecular weight excluding hydrogens is 276 g/mol. The number of hydrogen-bond donors (Lipinski definition) is 0. The number of esters is 1. The number of methoxy groups -OCH3 is 1. The van der Waals surface area contributed by atoms with Crippen LogP contribution in [0.4, 0.5) is 0 Å². The second kappa shape index (κ2) is 12.5. The number of rotatable bonds is 13. The van der Waals surface area contributed by atoms with Crippen molar-refractivity contribution in [3.63, 3.8) is 0 Å². The van der Waals surface area contributed by atoms with Crippen LogP contribution in [0.5, 0.6) is 0 Å². The quantitative estimate of drug-likeness (QED) is 0.209. The number of carbonyl (C=O) groups is 1. The molecule has 1 fully saturated rings. The van der Waals surface area contributed by atoms with Crippen LogP contribution in [0.3, 0.4) is 0 Å². The van der Waals surface area contributed by atoms with Gasteiger partial charge in [-0.1, -0.05) is 56.9 Å². The fourth-order valence-corrected chi connectivity index (χ4v) is 2.56. The van der Waals surface area contributed by atoms with Crippen LogP contribution in [0.2, 0.25) is 0 Å². The van der Waals surface area contributed by atoms with Crippen molar-refractivity contribution in [2.75, 3.05) is 7.11 Å². The Kier molecular flexibility index (Phi) is 10.7. The molecule has 22 heavy (non-hydrogen) atoms.